The third kappa shape index (κ3) is 6.10. The number of aromatic hydroxyl groups is 3. The fraction of sp³-hybridized carbons (Fsp3) is 0.464. The molecule has 0 aliphatic carbocycles. The molecular weight excluding hydrogens is 608 g/mol. The third-order valence-corrected chi connectivity index (χ3v) is 7.51. The van der Waals surface area contributed by atoms with E-state index in [-0.39, 0.29) is 28.4 Å². The minimum Gasteiger partial charge on any atom is -0.508 e. The van der Waals surface area contributed by atoms with Crippen LogP contribution in [0.5, 0.6) is 28.7 Å². The van der Waals surface area contributed by atoms with Crippen molar-refractivity contribution >= 4 is 11.0 Å². The number of aliphatic hydroxyl groups excluding tert-OH is 6. The van der Waals surface area contributed by atoms with Crippen molar-refractivity contribution in [2.45, 2.75) is 68.3 Å². The predicted octanol–water partition coefficient (Wildman–Crippen LogP) is -1.45. The SMILES string of the molecule is COc1cc(-c2oc3cc(O)cc(O)c3c(=O)c2OOC2OC(C)C(O)C(O)C2OC2OC(CO)C(O)C(O)C2O)ccc1O. The Morgan fingerprint density at radius 1 is 0.844 bits per heavy atom. The van der Waals surface area contributed by atoms with E-state index in [4.69, 9.17) is 33.1 Å². The summed E-state index contributed by atoms with van der Waals surface area (Å²) in [6.07, 6.45) is -16.6. The van der Waals surface area contributed by atoms with Gasteiger partial charge in [0.15, 0.2) is 23.5 Å². The van der Waals surface area contributed by atoms with Gasteiger partial charge in [0.25, 0.3) is 5.75 Å². The van der Waals surface area contributed by atoms with Gasteiger partial charge in [-0.15, -0.1) is 0 Å². The van der Waals surface area contributed by atoms with Gasteiger partial charge in [-0.25, -0.2) is 0 Å². The quantitative estimate of drug-likeness (QED) is 0.101. The molecule has 9 N–H and O–H groups in total. The maximum absolute atomic E-state index is 13.6. The monoisotopic (exact) mass is 640 g/mol. The number of ether oxygens (including phenoxy) is 4. The second kappa shape index (κ2) is 12.9. The maximum Gasteiger partial charge on any atom is 0.256 e. The highest BCUT2D eigenvalue weighted by atomic mass is 17.2. The molecule has 0 spiro atoms. The predicted molar refractivity (Wildman–Crippen MR) is 146 cm³/mol. The third-order valence-electron chi connectivity index (χ3n) is 7.51. The van der Waals surface area contributed by atoms with Gasteiger partial charge >= 0.3 is 0 Å². The molecule has 3 heterocycles. The van der Waals surface area contributed by atoms with Crippen LogP contribution in [0.15, 0.2) is 39.5 Å². The van der Waals surface area contributed by atoms with Crippen LogP contribution in [0.4, 0.5) is 0 Å². The van der Waals surface area contributed by atoms with Crippen LogP contribution in [-0.4, -0.2) is 121 Å². The molecule has 2 fully saturated rings. The summed E-state index contributed by atoms with van der Waals surface area (Å²) in [7, 11) is 1.28. The van der Waals surface area contributed by atoms with Crippen molar-refractivity contribution in [1.82, 2.24) is 0 Å². The van der Waals surface area contributed by atoms with E-state index < -0.39 is 96.1 Å². The molecule has 17 nitrogen and oxygen atoms in total. The number of rotatable bonds is 8. The molecule has 0 bridgehead atoms. The molecule has 17 heteroatoms. The standard InChI is InChI=1S/C28H32O17/c1-9-18(33)22(37)26(43-27-23(38)21(36)19(34)16(8-29)42-27)28(40-9)45-44-25-20(35)17-13(32)6-11(30)7-15(17)41-24(25)10-3-4-12(31)14(5-10)39-2/h3-7,9,16,18-19,21-23,26-34,36-38H,8H2,1-2H3. The summed E-state index contributed by atoms with van der Waals surface area (Å²) in [5, 5.41) is 91.5. The molecule has 246 valence electrons. The highest BCUT2D eigenvalue weighted by Crippen LogP contribution is 2.39. The largest absolute Gasteiger partial charge is 0.508 e. The zero-order valence-electron chi connectivity index (χ0n) is 23.7. The Labute approximate surface area is 253 Å². The number of fused-ring (bicyclic) bond motifs is 1. The molecule has 1 aromatic heterocycles. The Hall–Kier alpha value is -3.75. The van der Waals surface area contributed by atoms with Crippen LogP contribution in [0.3, 0.4) is 0 Å². The van der Waals surface area contributed by atoms with Crippen molar-refractivity contribution < 1.29 is 79.1 Å². The fourth-order valence-electron chi connectivity index (χ4n) is 5.01. The van der Waals surface area contributed by atoms with Crippen molar-refractivity contribution in [3.8, 4) is 40.1 Å². The maximum atomic E-state index is 13.6. The summed E-state index contributed by atoms with van der Waals surface area (Å²) in [6.45, 7) is 0.599. The molecule has 0 saturated carbocycles. The lowest BCUT2D eigenvalue weighted by Crippen LogP contribution is -2.64. The molecule has 2 aromatic carbocycles. The molecular formula is C28H32O17. The average molecular weight is 641 g/mol. The lowest BCUT2D eigenvalue weighted by molar-refractivity contribution is -0.411. The summed E-state index contributed by atoms with van der Waals surface area (Å²) >= 11 is 0. The van der Waals surface area contributed by atoms with Crippen LogP contribution in [0.25, 0.3) is 22.3 Å². The zero-order chi connectivity index (χ0) is 32.7. The van der Waals surface area contributed by atoms with Gasteiger partial charge in [-0.2, -0.15) is 4.89 Å². The summed E-state index contributed by atoms with van der Waals surface area (Å²) in [6, 6.07) is 5.81. The minimum atomic E-state index is -1.89. The van der Waals surface area contributed by atoms with E-state index in [0.717, 1.165) is 12.1 Å². The van der Waals surface area contributed by atoms with Gasteiger partial charge in [-0.1, -0.05) is 0 Å². The topological polar surface area (TPSA) is 268 Å². The van der Waals surface area contributed by atoms with Crippen LogP contribution in [0.1, 0.15) is 6.92 Å². The number of methoxy groups -OCH3 is 1. The summed E-state index contributed by atoms with van der Waals surface area (Å²) in [5.41, 5.74) is -1.14. The number of hydrogen-bond donors (Lipinski definition) is 9. The fourth-order valence-corrected chi connectivity index (χ4v) is 5.01. The minimum absolute atomic E-state index is 0.0181. The first-order chi connectivity index (χ1) is 21.4. The Balaban J connectivity index is 1.52. The van der Waals surface area contributed by atoms with Crippen LogP contribution in [0.2, 0.25) is 0 Å². The molecule has 2 aliphatic rings. The summed E-state index contributed by atoms with van der Waals surface area (Å²) < 4.78 is 27.5. The lowest BCUT2D eigenvalue weighted by Gasteiger charge is -2.45. The molecule has 45 heavy (non-hydrogen) atoms. The number of hydrogen-bond acceptors (Lipinski definition) is 17. The molecule has 2 saturated heterocycles. The Kier molecular flexibility index (Phi) is 9.38. The number of phenols is 3. The van der Waals surface area contributed by atoms with E-state index in [1.165, 1.54) is 32.2 Å². The van der Waals surface area contributed by atoms with Crippen LogP contribution >= 0.6 is 0 Å². The number of phenolic OH excluding ortho intramolecular Hbond substituents is 3. The molecule has 10 unspecified atom stereocenters. The van der Waals surface area contributed by atoms with E-state index in [2.05, 4.69) is 0 Å². The second-order valence-corrected chi connectivity index (χ2v) is 10.5. The molecule has 10 atom stereocenters. The highest BCUT2D eigenvalue weighted by Gasteiger charge is 2.51. The first kappa shape index (κ1) is 32.6. The highest BCUT2D eigenvalue weighted by molar-refractivity contribution is 5.88. The van der Waals surface area contributed by atoms with E-state index in [0.29, 0.717) is 0 Å². The van der Waals surface area contributed by atoms with Crippen molar-refractivity contribution in [2.75, 3.05) is 13.7 Å². The van der Waals surface area contributed by atoms with E-state index >= 15 is 0 Å². The van der Waals surface area contributed by atoms with Gasteiger partial charge in [0, 0.05) is 17.7 Å². The van der Waals surface area contributed by atoms with Gasteiger partial charge < -0.3 is 74.2 Å². The molecule has 0 radical (unpaired) electrons. The number of aliphatic hydroxyl groups is 6. The summed E-state index contributed by atoms with van der Waals surface area (Å²) in [5.74, 6) is -2.36. The van der Waals surface area contributed by atoms with Crippen molar-refractivity contribution in [1.29, 1.82) is 0 Å². The number of benzene rings is 2. The van der Waals surface area contributed by atoms with E-state index in [9.17, 15) is 50.8 Å². The second-order valence-electron chi connectivity index (χ2n) is 10.5. The molecule has 0 amide bonds. The first-order valence-corrected chi connectivity index (χ1v) is 13.6. The Morgan fingerprint density at radius 2 is 1.58 bits per heavy atom. The normalized spacial score (nSPS) is 32.0. The van der Waals surface area contributed by atoms with Crippen LogP contribution in [0, 0.1) is 0 Å². The lowest BCUT2D eigenvalue weighted by atomic mass is 9.97. The van der Waals surface area contributed by atoms with E-state index in [1.807, 2.05) is 0 Å². The van der Waals surface area contributed by atoms with Gasteiger partial charge in [0.05, 0.1) is 19.8 Å². The molecule has 5 rings (SSSR count). The van der Waals surface area contributed by atoms with Gasteiger partial charge in [0.2, 0.25) is 11.7 Å². The van der Waals surface area contributed by atoms with Gasteiger partial charge in [-0.3, -0.25) is 4.79 Å². The summed E-state index contributed by atoms with van der Waals surface area (Å²) in [4.78, 5) is 24.4. The van der Waals surface area contributed by atoms with Gasteiger partial charge in [0.1, 0.15) is 65.2 Å². The van der Waals surface area contributed by atoms with Crippen molar-refractivity contribution in [2.24, 2.45) is 0 Å². The first-order valence-electron chi connectivity index (χ1n) is 13.6. The van der Waals surface area contributed by atoms with Crippen molar-refractivity contribution in [3.05, 3.63) is 40.6 Å². The van der Waals surface area contributed by atoms with E-state index in [1.54, 1.807) is 0 Å². The smallest absolute Gasteiger partial charge is 0.256 e. The van der Waals surface area contributed by atoms with Crippen LogP contribution in [-0.2, 0) is 19.1 Å². The molecule has 3 aromatic rings. The molecule has 2 aliphatic heterocycles. The Bertz CT molecular complexity index is 1570. The van der Waals surface area contributed by atoms with Crippen molar-refractivity contribution in [3.63, 3.8) is 0 Å². The van der Waals surface area contributed by atoms with Crippen LogP contribution < -0.4 is 15.1 Å². The average Bonchev–Trinajstić information content (AvgIpc) is 3.00. The Morgan fingerprint density at radius 3 is 2.27 bits per heavy atom. The zero-order valence-corrected chi connectivity index (χ0v) is 23.7. The van der Waals surface area contributed by atoms with Gasteiger partial charge in [-0.05, 0) is 25.1 Å².